The molecule has 0 bridgehead atoms. The molecular weight excluding hydrogens is 273 g/mol. The number of aliphatic hydroxyl groups is 1. The van der Waals surface area contributed by atoms with Gasteiger partial charge in [0.2, 0.25) is 0 Å². The van der Waals surface area contributed by atoms with Crippen molar-refractivity contribution in [3.05, 3.63) is 47.8 Å². The lowest BCUT2D eigenvalue weighted by molar-refractivity contribution is 0.180. The number of ether oxygens (including phenoxy) is 1. The van der Waals surface area contributed by atoms with E-state index in [4.69, 9.17) is 4.74 Å². The first-order valence-corrected chi connectivity index (χ1v) is 6.75. The van der Waals surface area contributed by atoms with Crippen LogP contribution in [0.15, 0.2) is 30.7 Å². The van der Waals surface area contributed by atoms with Gasteiger partial charge in [0, 0.05) is 44.5 Å². The van der Waals surface area contributed by atoms with E-state index in [9.17, 15) is 9.50 Å². The van der Waals surface area contributed by atoms with Gasteiger partial charge in [-0.1, -0.05) is 6.07 Å². The molecule has 2 rings (SSSR count). The van der Waals surface area contributed by atoms with E-state index in [1.165, 1.54) is 19.2 Å². The number of halogens is 1. The van der Waals surface area contributed by atoms with Crippen molar-refractivity contribution >= 4 is 0 Å². The van der Waals surface area contributed by atoms with Crippen molar-refractivity contribution in [2.75, 3.05) is 20.3 Å². The van der Waals surface area contributed by atoms with Crippen LogP contribution in [-0.4, -0.2) is 39.8 Å². The fraction of sp³-hybridized carbons (Fsp3) is 0.400. The van der Waals surface area contributed by atoms with E-state index in [1.807, 2.05) is 11.6 Å². The number of methoxy groups -OCH3 is 1. The van der Waals surface area contributed by atoms with Gasteiger partial charge in [-0.15, -0.1) is 0 Å². The molecule has 21 heavy (non-hydrogen) atoms. The number of aromatic nitrogens is 2. The minimum absolute atomic E-state index is 0.0569. The molecule has 6 heteroatoms. The lowest BCUT2D eigenvalue weighted by Crippen LogP contribution is -2.27. The highest BCUT2D eigenvalue weighted by Crippen LogP contribution is 2.21. The Labute approximate surface area is 123 Å². The van der Waals surface area contributed by atoms with Crippen LogP contribution < -0.4 is 4.74 Å². The Balaban J connectivity index is 2.14. The lowest BCUT2D eigenvalue weighted by Gasteiger charge is -2.22. The molecule has 0 fully saturated rings. The zero-order valence-electron chi connectivity index (χ0n) is 12.3. The van der Waals surface area contributed by atoms with Crippen LogP contribution in [0.5, 0.6) is 5.75 Å². The summed E-state index contributed by atoms with van der Waals surface area (Å²) in [5, 5.41) is 9.23. The van der Waals surface area contributed by atoms with Gasteiger partial charge in [-0.05, 0) is 6.07 Å². The van der Waals surface area contributed by atoms with E-state index < -0.39 is 0 Å². The normalized spacial score (nSPS) is 11.1. The number of hydrogen-bond acceptors (Lipinski definition) is 4. The van der Waals surface area contributed by atoms with Gasteiger partial charge in [-0.3, -0.25) is 4.90 Å². The molecule has 0 amide bonds. The third-order valence-electron chi connectivity index (χ3n) is 3.36. The van der Waals surface area contributed by atoms with Crippen molar-refractivity contribution in [1.29, 1.82) is 0 Å². The van der Waals surface area contributed by atoms with E-state index in [1.54, 1.807) is 18.6 Å². The van der Waals surface area contributed by atoms with E-state index in [0.29, 0.717) is 25.4 Å². The largest absolute Gasteiger partial charge is 0.496 e. The molecule has 0 atom stereocenters. The van der Waals surface area contributed by atoms with Crippen molar-refractivity contribution in [1.82, 2.24) is 14.5 Å². The van der Waals surface area contributed by atoms with Crippen LogP contribution in [0, 0.1) is 5.82 Å². The standard InChI is InChI=1S/C15H20FN3O2/c1-18-11-17-8-14(18)10-19(5-6-20)9-12-3-4-13(16)7-15(12)21-2/h3-4,7-8,11,20H,5-6,9-10H2,1-2H3. The lowest BCUT2D eigenvalue weighted by atomic mass is 10.1. The summed E-state index contributed by atoms with van der Waals surface area (Å²) in [6.45, 7) is 1.79. The Kier molecular flexibility index (Phi) is 5.30. The molecule has 0 saturated carbocycles. The third-order valence-corrected chi connectivity index (χ3v) is 3.36. The summed E-state index contributed by atoms with van der Waals surface area (Å²) in [6, 6.07) is 4.50. The van der Waals surface area contributed by atoms with E-state index in [0.717, 1.165) is 11.3 Å². The van der Waals surface area contributed by atoms with Crippen molar-refractivity contribution < 1.29 is 14.2 Å². The quantitative estimate of drug-likeness (QED) is 0.842. The highest BCUT2D eigenvalue weighted by molar-refractivity contribution is 5.33. The molecule has 5 nitrogen and oxygen atoms in total. The zero-order chi connectivity index (χ0) is 15.2. The Bertz CT molecular complexity index is 586. The number of rotatable bonds is 7. The van der Waals surface area contributed by atoms with Crippen LogP contribution in [0.25, 0.3) is 0 Å². The second kappa shape index (κ2) is 7.19. The summed E-state index contributed by atoms with van der Waals surface area (Å²) in [7, 11) is 3.45. The fourth-order valence-electron chi connectivity index (χ4n) is 2.21. The molecule has 0 saturated heterocycles. The Hall–Kier alpha value is -1.92. The maximum absolute atomic E-state index is 13.2. The number of aliphatic hydroxyl groups excluding tert-OH is 1. The molecule has 0 aliphatic heterocycles. The molecule has 1 aromatic heterocycles. The molecule has 0 spiro atoms. The summed E-state index contributed by atoms with van der Waals surface area (Å²) in [5.74, 6) is 0.193. The van der Waals surface area contributed by atoms with Gasteiger partial charge in [0.25, 0.3) is 0 Å². The molecule has 2 aromatic rings. The van der Waals surface area contributed by atoms with Crippen LogP contribution in [0.4, 0.5) is 4.39 Å². The first-order chi connectivity index (χ1) is 10.1. The maximum atomic E-state index is 13.2. The van der Waals surface area contributed by atoms with Crippen LogP contribution in [0.3, 0.4) is 0 Å². The van der Waals surface area contributed by atoms with E-state index >= 15 is 0 Å². The molecule has 0 radical (unpaired) electrons. The van der Waals surface area contributed by atoms with Crippen molar-refractivity contribution in [3.8, 4) is 5.75 Å². The first-order valence-electron chi connectivity index (χ1n) is 6.75. The van der Waals surface area contributed by atoms with Crippen molar-refractivity contribution in [2.45, 2.75) is 13.1 Å². The predicted molar refractivity (Wildman–Crippen MR) is 77.4 cm³/mol. The average Bonchev–Trinajstić information content (AvgIpc) is 2.86. The first kappa shape index (κ1) is 15.5. The summed E-state index contributed by atoms with van der Waals surface area (Å²) in [6.07, 6.45) is 3.54. The van der Waals surface area contributed by atoms with Crippen LogP contribution in [-0.2, 0) is 20.1 Å². The summed E-state index contributed by atoms with van der Waals surface area (Å²) >= 11 is 0. The van der Waals surface area contributed by atoms with Crippen LogP contribution in [0.1, 0.15) is 11.3 Å². The second-order valence-electron chi connectivity index (χ2n) is 4.89. The highest BCUT2D eigenvalue weighted by atomic mass is 19.1. The van der Waals surface area contributed by atoms with Gasteiger partial charge in [0.1, 0.15) is 11.6 Å². The SMILES string of the molecule is COc1cc(F)ccc1CN(CCO)Cc1cncn1C. The second-order valence-corrected chi connectivity index (χ2v) is 4.89. The Morgan fingerprint density at radius 1 is 1.38 bits per heavy atom. The number of hydrogen-bond donors (Lipinski definition) is 1. The molecule has 1 N–H and O–H groups in total. The highest BCUT2D eigenvalue weighted by Gasteiger charge is 2.12. The summed E-state index contributed by atoms with van der Waals surface area (Å²) < 4.78 is 20.4. The molecule has 0 aliphatic rings. The monoisotopic (exact) mass is 293 g/mol. The molecule has 0 aliphatic carbocycles. The number of aryl methyl sites for hydroxylation is 1. The minimum atomic E-state index is -0.323. The van der Waals surface area contributed by atoms with Gasteiger partial charge in [0.05, 0.1) is 25.7 Å². The summed E-state index contributed by atoms with van der Waals surface area (Å²) in [5.41, 5.74) is 1.93. The Morgan fingerprint density at radius 2 is 2.19 bits per heavy atom. The van der Waals surface area contributed by atoms with Crippen molar-refractivity contribution in [2.24, 2.45) is 7.05 Å². The topological polar surface area (TPSA) is 50.5 Å². The van der Waals surface area contributed by atoms with Crippen LogP contribution in [0.2, 0.25) is 0 Å². The fourth-order valence-corrected chi connectivity index (χ4v) is 2.21. The molecule has 1 aromatic carbocycles. The Morgan fingerprint density at radius 3 is 2.81 bits per heavy atom. The molecular formula is C15H20FN3O2. The minimum Gasteiger partial charge on any atom is -0.496 e. The van der Waals surface area contributed by atoms with Crippen LogP contribution >= 0.6 is 0 Å². The molecule has 0 unspecified atom stereocenters. The average molecular weight is 293 g/mol. The molecule has 114 valence electrons. The van der Waals surface area contributed by atoms with Gasteiger partial charge in [0.15, 0.2) is 0 Å². The van der Waals surface area contributed by atoms with Gasteiger partial charge in [-0.2, -0.15) is 0 Å². The van der Waals surface area contributed by atoms with Crippen molar-refractivity contribution in [3.63, 3.8) is 0 Å². The maximum Gasteiger partial charge on any atom is 0.126 e. The van der Waals surface area contributed by atoms with Gasteiger partial charge < -0.3 is 14.4 Å². The summed E-state index contributed by atoms with van der Waals surface area (Å²) in [4.78, 5) is 6.15. The van der Waals surface area contributed by atoms with E-state index in [-0.39, 0.29) is 12.4 Å². The number of benzene rings is 1. The smallest absolute Gasteiger partial charge is 0.126 e. The molecule has 1 heterocycles. The number of nitrogens with zero attached hydrogens (tertiary/aromatic N) is 3. The number of imidazole rings is 1. The van der Waals surface area contributed by atoms with Gasteiger partial charge in [-0.25, -0.2) is 9.37 Å². The third kappa shape index (κ3) is 4.03. The predicted octanol–water partition coefficient (Wildman–Crippen LogP) is 1.56. The zero-order valence-corrected chi connectivity index (χ0v) is 12.3. The van der Waals surface area contributed by atoms with E-state index in [2.05, 4.69) is 9.88 Å². The van der Waals surface area contributed by atoms with Gasteiger partial charge >= 0.3 is 0 Å².